The fourth-order valence-corrected chi connectivity index (χ4v) is 2.76. The third-order valence-corrected chi connectivity index (χ3v) is 4.60. The highest BCUT2D eigenvalue weighted by molar-refractivity contribution is 5.35. The van der Waals surface area contributed by atoms with E-state index in [1.54, 1.807) is 18.9 Å². The summed E-state index contributed by atoms with van der Waals surface area (Å²) in [6.45, 7) is 3.44. The van der Waals surface area contributed by atoms with E-state index in [9.17, 15) is 26.3 Å². The predicted octanol–water partition coefficient (Wildman–Crippen LogP) is 6.48. The van der Waals surface area contributed by atoms with Crippen molar-refractivity contribution in [3.8, 4) is 0 Å². The normalized spacial score (nSPS) is 15.2. The summed E-state index contributed by atoms with van der Waals surface area (Å²) in [5.41, 5.74) is -1.70. The summed E-state index contributed by atoms with van der Waals surface area (Å²) < 4.78 is 78.3. The van der Waals surface area contributed by atoms with Crippen molar-refractivity contribution in [1.29, 1.82) is 0 Å². The van der Waals surface area contributed by atoms with Crippen LogP contribution in [0.25, 0.3) is 0 Å². The third-order valence-electron chi connectivity index (χ3n) is 4.60. The summed E-state index contributed by atoms with van der Waals surface area (Å²) in [6.07, 6.45) is -9.70. The zero-order chi connectivity index (χ0) is 19.7. The Balaban J connectivity index is 2.42. The molecule has 0 saturated heterocycles. The van der Waals surface area contributed by atoms with Gasteiger partial charge < -0.3 is 0 Å². The molecule has 2 aromatic carbocycles. The molecule has 0 unspecified atom stereocenters. The van der Waals surface area contributed by atoms with E-state index in [2.05, 4.69) is 0 Å². The summed E-state index contributed by atoms with van der Waals surface area (Å²) in [5, 5.41) is 0. The molecular formula is C19H19F6N. The van der Waals surface area contributed by atoms with Gasteiger partial charge in [0.15, 0.2) is 0 Å². The zero-order valence-electron chi connectivity index (χ0n) is 14.5. The molecule has 0 aliphatic rings. The van der Waals surface area contributed by atoms with E-state index in [1.807, 2.05) is 37.3 Å². The van der Waals surface area contributed by atoms with Gasteiger partial charge >= 0.3 is 12.4 Å². The van der Waals surface area contributed by atoms with Gasteiger partial charge in [-0.1, -0.05) is 30.3 Å². The van der Waals surface area contributed by atoms with Crippen LogP contribution < -0.4 is 0 Å². The van der Waals surface area contributed by atoms with E-state index in [4.69, 9.17) is 0 Å². The zero-order valence-corrected chi connectivity index (χ0v) is 14.5. The van der Waals surface area contributed by atoms with Gasteiger partial charge in [-0.05, 0) is 50.2 Å². The minimum Gasteiger partial charge on any atom is -0.293 e. The van der Waals surface area contributed by atoms with E-state index in [-0.39, 0.29) is 17.7 Å². The molecule has 7 heteroatoms. The molecule has 26 heavy (non-hydrogen) atoms. The second-order valence-corrected chi connectivity index (χ2v) is 6.27. The average Bonchev–Trinajstić information content (AvgIpc) is 2.58. The fourth-order valence-electron chi connectivity index (χ4n) is 2.76. The predicted molar refractivity (Wildman–Crippen MR) is 87.5 cm³/mol. The van der Waals surface area contributed by atoms with Crippen LogP contribution in [0, 0.1) is 0 Å². The Hall–Kier alpha value is -2.02. The molecule has 0 fully saturated rings. The molecule has 0 heterocycles. The van der Waals surface area contributed by atoms with Gasteiger partial charge in [0, 0.05) is 12.1 Å². The van der Waals surface area contributed by atoms with Crippen molar-refractivity contribution in [2.75, 3.05) is 7.05 Å². The van der Waals surface area contributed by atoms with E-state index in [0.717, 1.165) is 17.7 Å². The molecule has 0 bridgehead atoms. The number of hydrogen-bond donors (Lipinski definition) is 0. The first-order valence-corrected chi connectivity index (χ1v) is 7.97. The first-order chi connectivity index (χ1) is 11.9. The Morgan fingerprint density at radius 1 is 0.692 bits per heavy atom. The Morgan fingerprint density at radius 2 is 1.12 bits per heavy atom. The van der Waals surface area contributed by atoms with E-state index in [0.29, 0.717) is 0 Å². The van der Waals surface area contributed by atoms with Gasteiger partial charge in [0.2, 0.25) is 0 Å². The number of halogens is 6. The summed E-state index contributed by atoms with van der Waals surface area (Å²) >= 11 is 0. The Morgan fingerprint density at radius 3 is 1.54 bits per heavy atom. The maximum Gasteiger partial charge on any atom is 0.416 e. The van der Waals surface area contributed by atoms with Gasteiger partial charge in [0.05, 0.1) is 11.1 Å². The smallest absolute Gasteiger partial charge is 0.293 e. The Labute approximate surface area is 148 Å². The van der Waals surface area contributed by atoms with Crippen LogP contribution in [-0.4, -0.2) is 11.9 Å². The molecule has 0 aromatic heterocycles. The van der Waals surface area contributed by atoms with Crippen molar-refractivity contribution in [2.24, 2.45) is 0 Å². The van der Waals surface area contributed by atoms with Crippen molar-refractivity contribution < 1.29 is 26.3 Å². The first kappa shape index (κ1) is 20.3. The van der Waals surface area contributed by atoms with Gasteiger partial charge in [0.25, 0.3) is 0 Å². The van der Waals surface area contributed by atoms with Crippen molar-refractivity contribution >= 4 is 0 Å². The second kappa shape index (κ2) is 7.31. The quantitative estimate of drug-likeness (QED) is 0.553. The molecule has 0 aliphatic heterocycles. The topological polar surface area (TPSA) is 3.24 Å². The number of benzene rings is 2. The van der Waals surface area contributed by atoms with Gasteiger partial charge in [-0.25, -0.2) is 0 Å². The molecule has 0 radical (unpaired) electrons. The largest absolute Gasteiger partial charge is 0.416 e. The summed E-state index contributed by atoms with van der Waals surface area (Å²) in [4.78, 5) is 1.74. The maximum absolute atomic E-state index is 13.0. The number of alkyl halides is 6. The maximum atomic E-state index is 13.0. The highest BCUT2D eigenvalue weighted by Gasteiger charge is 2.37. The lowest BCUT2D eigenvalue weighted by atomic mass is 9.97. The van der Waals surface area contributed by atoms with Crippen LogP contribution in [-0.2, 0) is 12.4 Å². The van der Waals surface area contributed by atoms with Gasteiger partial charge in [-0.2, -0.15) is 26.3 Å². The molecular weight excluding hydrogens is 356 g/mol. The van der Waals surface area contributed by atoms with Crippen LogP contribution >= 0.6 is 0 Å². The standard InChI is InChI=1S/C19H19F6N/c1-12(14-7-5-4-6-8-14)26(3)13(2)15-9-16(18(20,21)22)11-17(10-15)19(23,24)25/h4-13H,1-3H3/t12-,13+/m1/s1. The highest BCUT2D eigenvalue weighted by atomic mass is 19.4. The first-order valence-electron chi connectivity index (χ1n) is 7.97. The van der Waals surface area contributed by atoms with Crippen LogP contribution in [0.5, 0.6) is 0 Å². The molecule has 0 saturated carbocycles. The number of rotatable bonds is 4. The molecule has 0 spiro atoms. The number of hydrogen-bond acceptors (Lipinski definition) is 1. The molecule has 142 valence electrons. The number of nitrogens with zero attached hydrogens (tertiary/aromatic N) is 1. The Kier molecular flexibility index (Phi) is 5.70. The minimum absolute atomic E-state index is 0.0302. The lowest BCUT2D eigenvalue weighted by Gasteiger charge is -2.32. The van der Waals surface area contributed by atoms with Gasteiger partial charge in [-0.15, -0.1) is 0 Å². The molecule has 1 nitrogen and oxygen atoms in total. The van der Waals surface area contributed by atoms with E-state index >= 15 is 0 Å². The summed E-state index contributed by atoms with van der Waals surface area (Å²) in [5.74, 6) is 0. The van der Waals surface area contributed by atoms with Crippen LogP contribution in [0.15, 0.2) is 48.5 Å². The monoisotopic (exact) mass is 375 g/mol. The molecule has 0 N–H and O–H groups in total. The molecule has 2 rings (SSSR count). The minimum atomic E-state index is -4.85. The molecule has 2 aromatic rings. The molecule has 0 amide bonds. The summed E-state index contributed by atoms with van der Waals surface area (Å²) in [6, 6.07) is 10.1. The highest BCUT2D eigenvalue weighted by Crippen LogP contribution is 2.39. The van der Waals surface area contributed by atoms with E-state index in [1.165, 1.54) is 0 Å². The van der Waals surface area contributed by atoms with Crippen LogP contribution in [0.3, 0.4) is 0 Å². The van der Waals surface area contributed by atoms with Crippen molar-refractivity contribution in [2.45, 2.75) is 38.3 Å². The SMILES string of the molecule is C[C@H](c1ccccc1)N(C)[C@@H](C)c1cc(C(F)(F)F)cc(C(F)(F)F)c1. The third kappa shape index (κ3) is 4.58. The van der Waals surface area contributed by atoms with Gasteiger partial charge in [0.1, 0.15) is 0 Å². The Bertz CT molecular complexity index is 704. The van der Waals surface area contributed by atoms with Crippen LogP contribution in [0.2, 0.25) is 0 Å². The van der Waals surface area contributed by atoms with Crippen molar-refractivity contribution in [1.82, 2.24) is 4.90 Å². The lowest BCUT2D eigenvalue weighted by Crippen LogP contribution is -2.26. The van der Waals surface area contributed by atoms with Crippen molar-refractivity contribution in [3.63, 3.8) is 0 Å². The van der Waals surface area contributed by atoms with Crippen LogP contribution in [0.4, 0.5) is 26.3 Å². The molecule has 2 atom stereocenters. The van der Waals surface area contributed by atoms with Crippen molar-refractivity contribution in [3.05, 3.63) is 70.8 Å². The van der Waals surface area contributed by atoms with E-state index < -0.39 is 29.5 Å². The lowest BCUT2D eigenvalue weighted by molar-refractivity contribution is -0.143. The average molecular weight is 375 g/mol. The molecule has 0 aliphatic carbocycles. The second-order valence-electron chi connectivity index (χ2n) is 6.27. The fraction of sp³-hybridized carbons (Fsp3) is 0.368. The van der Waals surface area contributed by atoms with Crippen LogP contribution in [0.1, 0.15) is 48.2 Å². The van der Waals surface area contributed by atoms with Gasteiger partial charge in [-0.3, -0.25) is 4.90 Å². The summed E-state index contributed by atoms with van der Waals surface area (Å²) in [7, 11) is 1.68.